The van der Waals surface area contributed by atoms with Crippen LogP contribution >= 0.6 is 0 Å². The van der Waals surface area contributed by atoms with Gasteiger partial charge >= 0.3 is 12.1 Å². The van der Waals surface area contributed by atoms with Crippen molar-refractivity contribution in [2.45, 2.75) is 58.6 Å². The van der Waals surface area contributed by atoms with Gasteiger partial charge in [0.2, 0.25) is 5.43 Å². The Bertz CT molecular complexity index is 1210. The number of fused-ring (bicyclic) bond motifs is 1. The third kappa shape index (κ3) is 6.60. The summed E-state index contributed by atoms with van der Waals surface area (Å²) in [5, 5.41) is 2.78. The maximum atomic E-state index is 15.2. The number of hydrogen-bond acceptors (Lipinski definition) is 7. The summed E-state index contributed by atoms with van der Waals surface area (Å²) in [6, 6.07) is 3.19. The van der Waals surface area contributed by atoms with Crippen molar-refractivity contribution >= 4 is 28.7 Å². The summed E-state index contributed by atoms with van der Waals surface area (Å²) >= 11 is 0. The van der Waals surface area contributed by atoms with Crippen molar-refractivity contribution in [2.24, 2.45) is 0 Å². The molecule has 202 valence electrons. The minimum absolute atomic E-state index is 0.0204. The summed E-state index contributed by atoms with van der Waals surface area (Å²) in [5.74, 6) is -1.21. The highest BCUT2D eigenvalue weighted by Crippen LogP contribution is 2.38. The second-order valence-corrected chi connectivity index (χ2v) is 10.7. The molecule has 2 fully saturated rings. The number of amides is 1. The number of likely N-dealkylation sites (N-methyl/N-ethyl adjacent to an activating group) is 1. The number of hydrogen-bond donors (Lipinski definition) is 1. The first-order chi connectivity index (χ1) is 17.6. The van der Waals surface area contributed by atoms with E-state index in [0.29, 0.717) is 17.6 Å². The maximum Gasteiger partial charge on any atom is 0.407 e. The lowest BCUT2D eigenvalue weighted by Crippen LogP contribution is -2.46. The Labute approximate surface area is 216 Å². The molecule has 1 aliphatic carbocycles. The number of benzene rings is 1. The molecule has 1 amide bonds. The van der Waals surface area contributed by atoms with Gasteiger partial charge < -0.3 is 29.2 Å². The first kappa shape index (κ1) is 26.9. The number of halogens is 1. The van der Waals surface area contributed by atoms with E-state index < -0.39 is 28.9 Å². The lowest BCUT2D eigenvalue weighted by molar-refractivity contribution is 0.0481. The van der Waals surface area contributed by atoms with Gasteiger partial charge in [-0.1, -0.05) is 6.92 Å². The van der Waals surface area contributed by atoms with E-state index in [2.05, 4.69) is 17.1 Å². The second kappa shape index (κ2) is 11.1. The number of rotatable bonds is 8. The van der Waals surface area contributed by atoms with Crippen molar-refractivity contribution < 1.29 is 23.5 Å². The number of ether oxygens (including phenoxy) is 2. The molecule has 4 rings (SSSR count). The lowest BCUT2D eigenvalue weighted by Gasteiger charge is -2.35. The first-order valence-electron chi connectivity index (χ1n) is 13.1. The van der Waals surface area contributed by atoms with Gasteiger partial charge in [-0.3, -0.25) is 4.79 Å². The Balaban J connectivity index is 1.48. The molecule has 0 spiro atoms. The van der Waals surface area contributed by atoms with Crippen LogP contribution in [0.15, 0.2) is 23.1 Å². The smallest absolute Gasteiger partial charge is 0.407 e. The zero-order chi connectivity index (χ0) is 26.7. The highest BCUT2D eigenvalue weighted by atomic mass is 19.1. The van der Waals surface area contributed by atoms with Crippen molar-refractivity contribution in [2.75, 3.05) is 50.8 Å². The third-order valence-electron chi connectivity index (χ3n) is 6.64. The van der Waals surface area contributed by atoms with Crippen LogP contribution in [-0.4, -0.2) is 73.0 Å². The first-order valence-corrected chi connectivity index (χ1v) is 13.1. The predicted octanol–water partition coefficient (Wildman–Crippen LogP) is 3.69. The molecule has 2 heterocycles. The van der Waals surface area contributed by atoms with E-state index in [9.17, 15) is 14.4 Å². The van der Waals surface area contributed by atoms with Crippen LogP contribution in [0.4, 0.5) is 14.9 Å². The molecule has 1 aromatic carbocycles. The number of nitrogens with zero attached hydrogens (tertiary/aromatic N) is 3. The highest BCUT2D eigenvalue weighted by Gasteiger charge is 2.29. The van der Waals surface area contributed by atoms with Crippen LogP contribution in [-0.2, 0) is 9.47 Å². The highest BCUT2D eigenvalue weighted by molar-refractivity contribution is 5.94. The molecule has 0 bridgehead atoms. The number of carbonyl (C=O) groups excluding carboxylic acids is 2. The van der Waals surface area contributed by atoms with Gasteiger partial charge in [0.15, 0.2) is 0 Å². The van der Waals surface area contributed by atoms with Crippen LogP contribution in [0, 0.1) is 5.82 Å². The van der Waals surface area contributed by atoms with Gasteiger partial charge in [0, 0.05) is 50.3 Å². The zero-order valence-electron chi connectivity index (χ0n) is 22.1. The standard InChI is InChI=1S/C27H37FN4O5/c1-5-30-10-12-31(13-11-30)23-16-22-19(15-21(23)28)24(33)20(17-32(22)18-7-8-18)25(34)36-14-6-9-29-26(35)37-27(2,3)4/h15-18H,5-14H2,1-4H3,(H,29,35). The Morgan fingerprint density at radius 1 is 1.14 bits per heavy atom. The fourth-order valence-corrected chi connectivity index (χ4v) is 4.53. The van der Waals surface area contributed by atoms with E-state index in [1.54, 1.807) is 33.0 Å². The van der Waals surface area contributed by atoms with E-state index in [1.165, 1.54) is 6.07 Å². The van der Waals surface area contributed by atoms with Gasteiger partial charge in [-0.15, -0.1) is 0 Å². The molecule has 1 N–H and O–H groups in total. The average molecular weight is 517 g/mol. The Kier molecular flexibility index (Phi) is 8.06. The van der Waals surface area contributed by atoms with E-state index in [1.807, 2.05) is 9.47 Å². The molecule has 2 aromatic rings. The normalized spacial score (nSPS) is 16.6. The molecule has 1 saturated carbocycles. The summed E-state index contributed by atoms with van der Waals surface area (Å²) in [7, 11) is 0. The fraction of sp³-hybridized carbons (Fsp3) is 0.593. The molecular weight excluding hydrogens is 479 g/mol. The molecule has 1 aliphatic heterocycles. The summed E-state index contributed by atoms with van der Waals surface area (Å²) < 4.78 is 27.6. The van der Waals surface area contributed by atoms with Gasteiger partial charge in [0.05, 0.1) is 17.8 Å². The van der Waals surface area contributed by atoms with E-state index in [-0.39, 0.29) is 30.1 Å². The minimum atomic E-state index is -0.751. The molecule has 0 atom stereocenters. The van der Waals surface area contributed by atoms with Crippen LogP contribution in [0.2, 0.25) is 0 Å². The van der Waals surface area contributed by atoms with E-state index >= 15 is 4.39 Å². The number of piperazine rings is 1. The van der Waals surface area contributed by atoms with Crippen molar-refractivity contribution in [1.29, 1.82) is 0 Å². The molecule has 1 saturated heterocycles. The SMILES string of the molecule is CCN1CCN(c2cc3c(cc2F)c(=O)c(C(=O)OCCCNC(=O)OC(C)(C)C)cn3C2CC2)CC1. The number of nitrogens with one attached hydrogen (secondary N) is 1. The number of anilines is 1. The Hall–Kier alpha value is -3.14. The number of esters is 1. The minimum Gasteiger partial charge on any atom is -0.462 e. The van der Waals surface area contributed by atoms with Gasteiger partial charge in [-0.25, -0.2) is 14.0 Å². The second-order valence-electron chi connectivity index (χ2n) is 10.7. The van der Waals surface area contributed by atoms with E-state index in [0.717, 1.165) is 45.6 Å². The molecule has 37 heavy (non-hydrogen) atoms. The number of carbonyl (C=O) groups is 2. The molecule has 9 nitrogen and oxygen atoms in total. The summed E-state index contributed by atoms with van der Waals surface area (Å²) in [6.45, 7) is 11.8. The van der Waals surface area contributed by atoms with Crippen molar-refractivity contribution in [3.63, 3.8) is 0 Å². The summed E-state index contributed by atoms with van der Waals surface area (Å²) in [5.41, 5.74) is -0.115. The molecule has 10 heteroatoms. The van der Waals surface area contributed by atoms with Crippen LogP contribution in [0.5, 0.6) is 0 Å². The Morgan fingerprint density at radius 2 is 1.84 bits per heavy atom. The number of aromatic nitrogens is 1. The largest absolute Gasteiger partial charge is 0.462 e. The molecule has 1 aromatic heterocycles. The number of pyridine rings is 1. The third-order valence-corrected chi connectivity index (χ3v) is 6.64. The lowest BCUT2D eigenvalue weighted by atomic mass is 10.1. The predicted molar refractivity (Wildman–Crippen MR) is 140 cm³/mol. The molecular formula is C27H37FN4O5. The van der Waals surface area contributed by atoms with Crippen molar-refractivity contribution in [3.8, 4) is 0 Å². The Morgan fingerprint density at radius 3 is 2.46 bits per heavy atom. The van der Waals surface area contributed by atoms with E-state index in [4.69, 9.17) is 9.47 Å². The monoisotopic (exact) mass is 516 g/mol. The number of alkyl carbamates (subject to hydrolysis) is 1. The van der Waals surface area contributed by atoms with Crippen molar-refractivity contribution in [3.05, 3.63) is 39.9 Å². The van der Waals surface area contributed by atoms with Gasteiger partial charge in [-0.05, 0) is 58.7 Å². The molecule has 0 unspecified atom stereocenters. The van der Waals surface area contributed by atoms with Crippen LogP contribution in [0.25, 0.3) is 10.9 Å². The van der Waals surface area contributed by atoms with Gasteiger partial charge in [0.1, 0.15) is 17.0 Å². The fourth-order valence-electron chi connectivity index (χ4n) is 4.53. The average Bonchev–Trinajstić information content (AvgIpc) is 3.68. The molecule has 2 aliphatic rings. The van der Waals surface area contributed by atoms with Crippen LogP contribution in [0.1, 0.15) is 63.4 Å². The van der Waals surface area contributed by atoms with Crippen molar-refractivity contribution in [1.82, 2.24) is 14.8 Å². The van der Waals surface area contributed by atoms with Gasteiger partial charge in [0.25, 0.3) is 0 Å². The molecule has 0 radical (unpaired) electrons. The summed E-state index contributed by atoms with van der Waals surface area (Å²) in [6.07, 6.45) is 3.24. The van der Waals surface area contributed by atoms with Crippen LogP contribution < -0.4 is 15.6 Å². The van der Waals surface area contributed by atoms with Crippen LogP contribution in [0.3, 0.4) is 0 Å². The maximum absolute atomic E-state index is 15.2. The zero-order valence-corrected chi connectivity index (χ0v) is 22.1. The topological polar surface area (TPSA) is 93.1 Å². The summed E-state index contributed by atoms with van der Waals surface area (Å²) in [4.78, 5) is 42.1. The quantitative estimate of drug-likeness (QED) is 0.423. The van der Waals surface area contributed by atoms with Gasteiger partial charge in [-0.2, -0.15) is 0 Å².